The van der Waals surface area contributed by atoms with Crippen molar-refractivity contribution in [2.24, 2.45) is 0 Å². The summed E-state index contributed by atoms with van der Waals surface area (Å²) in [4.78, 5) is 42.5. The normalized spacial score (nSPS) is 11.8. The molecule has 0 aromatic carbocycles. The van der Waals surface area contributed by atoms with E-state index in [1.807, 2.05) is 0 Å². The summed E-state index contributed by atoms with van der Waals surface area (Å²) in [5, 5.41) is 9.06. The molecule has 2 amide bonds. The van der Waals surface area contributed by atoms with Gasteiger partial charge in [0.05, 0.1) is 0 Å². The fourth-order valence-corrected chi connectivity index (χ4v) is 1.89. The fraction of sp³-hybridized carbons (Fsp3) is 0.571. The smallest absolute Gasteiger partial charge is 0.427 e. The minimum atomic E-state index is -1.31. The predicted molar refractivity (Wildman–Crippen MR) is 88.2 cm³/mol. The van der Waals surface area contributed by atoms with Crippen LogP contribution in [0, 0.1) is 0 Å². The second-order valence-corrected chi connectivity index (χ2v) is 7.58. The Balaban J connectivity index is 3.27. The number of nitrogens with one attached hydrogen (secondary N) is 1. The average Bonchev–Trinajstić information content (AvgIpc) is 2.66. The van der Waals surface area contributed by atoms with Gasteiger partial charge >= 0.3 is 18.2 Å². The SMILES string of the molecule is CC(C)(C)OC(=O)N(C(=O)OC(C)(C)C)c1nc(Br)c(C(=O)O)[nH]1. The van der Waals surface area contributed by atoms with E-state index in [4.69, 9.17) is 14.6 Å². The molecule has 0 bridgehead atoms. The largest absolute Gasteiger partial charge is 0.476 e. The Morgan fingerprint density at radius 1 is 1.04 bits per heavy atom. The van der Waals surface area contributed by atoms with Crippen molar-refractivity contribution in [1.82, 2.24) is 9.97 Å². The van der Waals surface area contributed by atoms with Crippen LogP contribution in [0.5, 0.6) is 0 Å². The first-order valence-electron chi connectivity index (χ1n) is 6.96. The van der Waals surface area contributed by atoms with Crippen molar-refractivity contribution in [2.45, 2.75) is 52.7 Å². The number of ether oxygens (including phenoxy) is 2. The van der Waals surface area contributed by atoms with E-state index in [9.17, 15) is 14.4 Å². The molecule has 0 fully saturated rings. The van der Waals surface area contributed by atoms with Gasteiger partial charge in [-0.1, -0.05) is 0 Å². The summed E-state index contributed by atoms with van der Waals surface area (Å²) in [6.07, 6.45) is -2.09. The van der Waals surface area contributed by atoms with Crippen molar-refractivity contribution in [2.75, 3.05) is 4.90 Å². The zero-order valence-corrected chi connectivity index (χ0v) is 15.8. The van der Waals surface area contributed by atoms with Crippen molar-refractivity contribution in [3.8, 4) is 0 Å². The molecule has 0 saturated carbocycles. The number of aromatic nitrogens is 2. The van der Waals surface area contributed by atoms with Crippen LogP contribution in [-0.4, -0.2) is 44.4 Å². The molecule has 1 aromatic rings. The van der Waals surface area contributed by atoms with Crippen LogP contribution < -0.4 is 4.90 Å². The number of carbonyl (C=O) groups is 3. The third kappa shape index (κ3) is 5.52. The lowest BCUT2D eigenvalue weighted by Gasteiger charge is -2.27. The van der Waals surface area contributed by atoms with Gasteiger partial charge < -0.3 is 19.6 Å². The maximum absolute atomic E-state index is 12.4. The number of H-pyrrole nitrogens is 1. The van der Waals surface area contributed by atoms with Gasteiger partial charge in [0, 0.05) is 0 Å². The van der Waals surface area contributed by atoms with E-state index in [1.165, 1.54) is 0 Å². The van der Waals surface area contributed by atoms with Crippen molar-refractivity contribution in [1.29, 1.82) is 0 Å². The van der Waals surface area contributed by atoms with Gasteiger partial charge in [0.25, 0.3) is 0 Å². The van der Waals surface area contributed by atoms with E-state index in [0.717, 1.165) is 0 Å². The summed E-state index contributed by atoms with van der Waals surface area (Å²) in [5.41, 5.74) is -2.07. The monoisotopic (exact) mass is 405 g/mol. The summed E-state index contributed by atoms with van der Waals surface area (Å²) >= 11 is 2.95. The van der Waals surface area contributed by atoms with Gasteiger partial charge in [-0.15, -0.1) is 4.90 Å². The number of imidazole rings is 1. The molecule has 1 aromatic heterocycles. The van der Waals surface area contributed by atoms with E-state index in [-0.39, 0.29) is 16.2 Å². The molecule has 0 aliphatic carbocycles. The Morgan fingerprint density at radius 3 is 1.75 bits per heavy atom. The molecule has 10 heteroatoms. The van der Waals surface area contributed by atoms with Crippen molar-refractivity contribution >= 4 is 40.0 Å². The van der Waals surface area contributed by atoms with Gasteiger partial charge in [-0.05, 0) is 57.5 Å². The van der Waals surface area contributed by atoms with E-state index in [0.29, 0.717) is 4.90 Å². The van der Waals surface area contributed by atoms with Crippen LogP contribution >= 0.6 is 15.9 Å². The molecule has 0 aliphatic rings. The van der Waals surface area contributed by atoms with E-state index in [2.05, 4.69) is 25.9 Å². The summed E-state index contributed by atoms with van der Waals surface area (Å²) in [5.74, 6) is -1.64. The second-order valence-electron chi connectivity index (χ2n) is 6.83. The minimum absolute atomic E-state index is 0.0675. The molecule has 24 heavy (non-hydrogen) atoms. The van der Waals surface area contributed by atoms with E-state index >= 15 is 0 Å². The Bertz CT molecular complexity index is 628. The maximum Gasteiger partial charge on any atom is 0.427 e. The number of imide groups is 1. The van der Waals surface area contributed by atoms with Gasteiger partial charge in [0.2, 0.25) is 5.95 Å². The number of aromatic carboxylic acids is 1. The molecular weight excluding hydrogens is 386 g/mol. The van der Waals surface area contributed by atoms with E-state index in [1.54, 1.807) is 41.5 Å². The Labute approximate surface area is 147 Å². The lowest BCUT2D eigenvalue weighted by molar-refractivity contribution is 0.0426. The Kier molecular flexibility index (Phi) is 5.65. The van der Waals surface area contributed by atoms with Crippen LogP contribution in [0.25, 0.3) is 0 Å². The molecule has 0 saturated heterocycles. The summed E-state index contributed by atoms with van der Waals surface area (Å²) in [6, 6.07) is 0. The van der Waals surface area contributed by atoms with Crippen molar-refractivity contribution in [3.63, 3.8) is 0 Å². The van der Waals surface area contributed by atoms with Gasteiger partial charge in [0.15, 0.2) is 5.69 Å². The first-order valence-corrected chi connectivity index (χ1v) is 7.75. The number of rotatable bonds is 2. The molecule has 0 spiro atoms. The molecule has 1 heterocycles. The highest BCUT2D eigenvalue weighted by Crippen LogP contribution is 2.23. The number of anilines is 1. The molecule has 134 valence electrons. The number of nitrogens with zero attached hydrogens (tertiary/aromatic N) is 2. The van der Waals surface area contributed by atoms with Crippen molar-refractivity contribution in [3.05, 3.63) is 10.3 Å². The van der Waals surface area contributed by atoms with Crippen LogP contribution in [-0.2, 0) is 9.47 Å². The molecule has 0 atom stereocenters. The average molecular weight is 406 g/mol. The number of aromatic amines is 1. The zero-order chi connectivity index (χ0) is 18.9. The zero-order valence-electron chi connectivity index (χ0n) is 14.3. The summed E-state index contributed by atoms with van der Waals surface area (Å²) in [7, 11) is 0. The number of carboxylic acid groups (broad SMARTS) is 1. The predicted octanol–water partition coefficient (Wildman–Crippen LogP) is 3.55. The molecule has 0 aliphatic heterocycles. The van der Waals surface area contributed by atoms with Crippen LogP contribution in [0.1, 0.15) is 52.0 Å². The number of hydrogen-bond acceptors (Lipinski definition) is 6. The van der Waals surface area contributed by atoms with Crippen LogP contribution in [0.3, 0.4) is 0 Å². The van der Waals surface area contributed by atoms with Crippen LogP contribution in [0.2, 0.25) is 0 Å². The molecule has 1 rings (SSSR count). The first kappa shape index (κ1) is 19.9. The van der Waals surface area contributed by atoms with E-state index < -0.39 is 29.4 Å². The number of hydrogen-bond donors (Lipinski definition) is 2. The number of carboxylic acids is 1. The lowest BCUT2D eigenvalue weighted by atomic mass is 10.2. The van der Waals surface area contributed by atoms with Gasteiger partial charge in [-0.25, -0.2) is 19.4 Å². The number of amides is 2. The van der Waals surface area contributed by atoms with Gasteiger partial charge in [-0.2, -0.15) is 0 Å². The van der Waals surface area contributed by atoms with Crippen molar-refractivity contribution < 1.29 is 29.0 Å². The van der Waals surface area contributed by atoms with Gasteiger partial charge in [0.1, 0.15) is 15.8 Å². The fourth-order valence-electron chi connectivity index (χ4n) is 1.45. The molecular formula is C14H20BrN3O6. The Hall–Kier alpha value is -2.10. The second kappa shape index (κ2) is 6.80. The number of halogens is 1. The first-order chi connectivity index (χ1) is 10.7. The summed E-state index contributed by atoms with van der Waals surface area (Å²) < 4.78 is 10.3. The quantitative estimate of drug-likeness (QED) is 0.770. The Morgan fingerprint density at radius 2 is 1.46 bits per heavy atom. The van der Waals surface area contributed by atoms with Crippen LogP contribution in [0.4, 0.5) is 15.5 Å². The highest BCUT2D eigenvalue weighted by Gasteiger charge is 2.35. The third-order valence-corrected chi connectivity index (χ3v) is 2.80. The summed E-state index contributed by atoms with van der Waals surface area (Å²) in [6.45, 7) is 9.74. The molecule has 0 radical (unpaired) electrons. The topological polar surface area (TPSA) is 122 Å². The molecule has 0 unspecified atom stereocenters. The highest BCUT2D eigenvalue weighted by atomic mass is 79.9. The standard InChI is InChI=1S/C14H20BrN3O6/c1-13(2,3)23-11(21)18(12(22)24-14(4,5)6)10-16-7(9(19)20)8(15)17-10/h1-6H3,(H,16,17)(H,19,20). The molecule has 2 N–H and O–H groups in total. The number of carbonyl (C=O) groups excluding carboxylic acids is 2. The highest BCUT2D eigenvalue weighted by molar-refractivity contribution is 9.10. The maximum atomic E-state index is 12.4. The third-order valence-electron chi connectivity index (χ3n) is 2.22. The lowest BCUT2D eigenvalue weighted by Crippen LogP contribution is -2.44. The molecule has 9 nitrogen and oxygen atoms in total. The minimum Gasteiger partial charge on any atom is -0.476 e. The van der Waals surface area contributed by atoms with Crippen LogP contribution in [0.15, 0.2) is 4.60 Å². The van der Waals surface area contributed by atoms with Gasteiger partial charge in [-0.3, -0.25) is 0 Å².